The Morgan fingerprint density at radius 2 is 2.11 bits per heavy atom. The van der Waals surface area contributed by atoms with Crippen LogP contribution in [0.1, 0.15) is 39.0 Å². The van der Waals surface area contributed by atoms with Crippen molar-refractivity contribution < 1.29 is 17.9 Å². The number of carbonyl (C=O) groups excluding carboxylic acids is 1. The lowest BCUT2D eigenvalue weighted by atomic mass is 9.81. The third-order valence-electron chi connectivity index (χ3n) is 3.92. The van der Waals surface area contributed by atoms with Crippen molar-refractivity contribution in [1.29, 1.82) is 5.26 Å². The van der Waals surface area contributed by atoms with Crippen LogP contribution in [0.4, 0.5) is 0 Å². The minimum absolute atomic E-state index is 0.135. The summed E-state index contributed by atoms with van der Waals surface area (Å²) < 4.78 is 29.0. The van der Waals surface area contributed by atoms with E-state index in [2.05, 4.69) is 10.8 Å². The second kappa shape index (κ2) is 6.90. The van der Waals surface area contributed by atoms with Gasteiger partial charge in [0, 0.05) is 0 Å². The summed E-state index contributed by atoms with van der Waals surface area (Å²) in [5.41, 5.74) is 0. The lowest BCUT2D eigenvalue weighted by Gasteiger charge is -2.31. The van der Waals surface area contributed by atoms with Gasteiger partial charge in [-0.05, 0) is 25.2 Å². The van der Waals surface area contributed by atoms with Crippen LogP contribution in [-0.2, 0) is 19.4 Å². The van der Waals surface area contributed by atoms with E-state index in [1.165, 1.54) is 7.11 Å². The van der Waals surface area contributed by atoms with E-state index in [0.29, 0.717) is 18.8 Å². The number of ether oxygens (including phenoxy) is 1. The van der Waals surface area contributed by atoms with Crippen molar-refractivity contribution in [3.05, 3.63) is 0 Å². The molecule has 1 fully saturated rings. The van der Waals surface area contributed by atoms with E-state index in [1.807, 2.05) is 6.92 Å². The highest BCUT2D eigenvalue weighted by molar-refractivity contribution is 7.92. The third-order valence-corrected chi connectivity index (χ3v) is 6.14. The molecule has 6 heteroatoms. The summed E-state index contributed by atoms with van der Waals surface area (Å²) in [5.74, 6) is -0.827. The minimum Gasteiger partial charge on any atom is -0.469 e. The molecule has 1 aliphatic carbocycles. The molecule has 0 amide bonds. The average molecular weight is 287 g/mol. The Morgan fingerprint density at radius 3 is 2.63 bits per heavy atom. The number of nitrogens with zero attached hydrogens (tertiary/aromatic N) is 1. The van der Waals surface area contributed by atoms with Crippen LogP contribution in [0.3, 0.4) is 0 Å². The molecule has 0 saturated heterocycles. The average Bonchev–Trinajstić information content (AvgIpc) is 2.43. The van der Waals surface area contributed by atoms with Crippen LogP contribution in [-0.4, -0.2) is 32.5 Å². The monoisotopic (exact) mass is 287 g/mol. The molecule has 0 aliphatic heterocycles. The maximum Gasteiger partial charge on any atom is 0.306 e. The first-order valence-corrected chi connectivity index (χ1v) is 8.34. The molecule has 0 radical (unpaired) electrons. The Labute approximate surface area is 114 Å². The van der Waals surface area contributed by atoms with Gasteiger partial charge in [0.25, 0.3) is 0 Å². The van der Waals surface area contributed by atoms with Crippen molar-refractivity contribution in [2.24, 2.45) is 11.8 Å². The second-order valence-electron chi connectivity index (χ2n) is 5.05. The lowest BCUT2D eigenvalue weighted by Crippen LogP contribution is -2.37. The fourth-order valence-electron chi connectivity index (χ4n) is 2.61. The van der Waals surface area contributed by atoms with Gasteiger partial charge in [0.1, 0.15) is 0 Å². The predicted molar refractivity (Wildman–Crippen MR) is 70.9 cm³/mol. The first-order chi connectivity index (χ1) is 8.94. The molecule has 108 valence electrons. The Hall–Kier alpha value is -1.09. The molecule has 0 aromatic carbocycles. The van der Waals surface area contributed by atoms with Gasteiger partial charge in [-0.3, -0.25) is 4.79 Å². The molecule has 0 heterocycles. The number of carbonyl (C=O) groups is 1. The van der Waals surface area contributed by atoms with Crippen LogP contribution in [0, 0.1) is 23.2 Å². The van der Waals surface area contributed by atoms with E-state index in [1.54, 1.807) is 0 Å². The maximum atomic E-state index is 12.3. The van der Waals surface area contributed by atoms with Crippen LogP contribution < -0.4 is 0 Å². The molecule has 5 nitrogen and oxygen atoms in total. The Bertz CT molecular complexity index is 452. The molecule has 0 bridgehead atoms. The number of sulfone groups is 1. The molecule has 1 aliphatic rings. The summed E-state index contributed by atoms with van der Waals surface area (Å²) in [6, 6.07) is 2.11. The van der Waals surface area contributed by atoms with Gasteiger partial charge in [0.2, 0.25) is 0 Å². The molecular formula is C13H21NO4S. The van der Waals surface area contributed by atoms with Crippen LogP contribution in [0.5, 0.6) is 0 Å². The summed E-state index contributed by atoms with van der Waals surface area (Å²) in [5, 5.41) is 8.48. The van der Waals surface area contributed by atoms with Gasteiger partial charge in [0.15, 0.2) is 9.84 Å². The van der Waals surface area contributed by atoms with Crippen LogP contribution in [0.25, 0.3) is 0 Å². The minimum atomic E-state index is -3.42. The van der Waals surface area contributed by atoms with Crippen molar-refractivity contribution in [2.45, 2.75) is 44.3 Å². The van der Waals surface area contributed by atoms with E-state index < -0.39 is 27.0 Å². The zero-order chi connectivity index (χ0) is 14.5. The van der Waals surface area contributed by atoms with Crippen molar-refractivity contribution in [1.82, 2.24) is 0 Å². The second-order valence-corrected chi connectivity index (χ2v) is 7.39. The number of hydrogen-bond donors (Lipinski definition) is 0. The summed E-state index contributed by atoms with van der Waals surface area (Å²) >= 11 is 0. The normalized spacial score (nSPS) is 27.5. The van der Waals surface area contributed by atoms with E-state index in [9.17, 15) is 13.2 Å². The Kier molecular flexibility index (Phi) is 5.80. The van der Waals surface area contributed by atoms with Gasteiger partial charge in [0.05, 0.1) is 36.5 Å². The zero-order valence-electron chi connectivity index (χ0n) is 11.5. The standard InChI is InChI=1S/C13H21NO4S/c1-3-10-4-5-11(9-14)12(8-10)19(16,17)7-6-13(15)18-2/h10-12H,3-8H2,1-2H3. The van der Waals surface area contributed by atoms with E-state index in [4.69, 9.17) is 5.26 Å². The molecule has 0 aromatic rings. The zero-order valence-corrected chi connectivity index (χ0v) is 12.3. The Balaban J connectivity index is 2.77. The van der Waals surface area contributed by atoms with E-state index in [-0.39, 0.29) is 12.2 Å². The fourth-order valence-corrected chi connectivity index (χ4v) is 4.62. The van der Waals surface area contributed by atoms with Gasteiger partial charge in [-0.2, -0.15) is 5.26 Å². The van der Waals surface area contributed by atoms with Crippen molar-refractivity contribution in [2.75, 3.05) is 12.9 Å². The number of methoxy groups -OCH3 is 1. The van der Waals surface area contributed by atoms with Gasteiger partial charge in [-0.25, -0.2) is 8.42 Å². The first-order valence-electron chi connectivity index (χ1n) is 6.62. The quantitative estimate of drug-likeness (QED) is 0.718. The van der Waals surface area contributed by atoms with Gasteiger partial charge in [-0.15, -0.1) is 0 Å². The predicted octanol–water partition coefficient (Wildman–Crippen LogP) is 1.68. The van der Waals surface area contributed by atoms with Gasteiger partial charge in [-0.1, -0.05) is 13.3 Å². The largest absolute Gasteiger partial charge is 0.469 e. The number of esters is 1. The molecular weight excluding hydrogens is 266 g/mol. The molecule has 3 atom stereocenters. The topological polar surface area (TPSA) is 84.2 Å². The van der Waals surface area contributed by atoms with Gasteiger partial charge >= 0.3 is 5.97 Å². The molecule has 0 spiro atoms. The molecule has 1 saturated carbocycles. The first kappa shape index (κ1) is 16.0. The van der Waals surface area contributed by atoms with Crippen molar-refractivity contribution in [3.8, 4) is 6.07 Å². The summed E-state index contributed by atoms with van der Waals surface area (Å²) in [7, 11) is -2.18. The highest BCUT2D eigenvalue weighted by Gasteiger charge is 2.38. The molecule has 1 rings (SSSR count). The van der Waals surface area contributed by atoms with Crippen molar-refractivity contribution in [3.63, 3.8) is 0 Å². The molecule has 19 heavy (non-hydrogen) atoms. The molecule has 0 aromatic heterocycles. The summed E-state index contributed by atoms with van der Waals surface area (Å²) in [6.45, 7) is 2.04. The highest BCUT2D eigenvalue weighted by atomic mass is 32.2. The smallest absolute Gasteiger partial charge is 0.306 e. The van der Waals surface area contributed by atoms with E-state index in [0.717, 1.165) is 12.8 Å². The van der Waals surface area contributed by atoms with Crippen LogP contribution in [0.15, 0.2) is 0 Å². The lowest BCUT2D eigenvalue weighted by molar-refractivity contribution is -0.140. The van der Waals surface area contributed by atoms with Crippen LogP contribution >= 0.6 is 0 Å². The number of rotatable bonds is 5. The van der Waals surface area contributed by atoms with Crippen LogP contribution in [0.2, 0.25) is 0 Å². The molecule has 3 unspecified atom stereocenters. The van der Waals surface area contributed by atoms with Gasteiger partial charge < -0.3 is 4.74 Å². The maximum absolute atomic E-state index is 12.3. The fraction of sp³-hybridized carbons (Fsp3) is 0.846. The Morgan fingerprint density at radius 1 is 1.42 bits per heavy atom. The molecule has 0 N–H and O–H groups in total. The number of nitriles is 1. The summed E-state index contributed by atoms with van der Waals surface area (Å²) in [6.07, 6.45) is 2.89. The number of hydrogen-bond acceptors (Lipinski definition) is 5. The van der Waals surface area contributed by atoms with Crippen molar-refractivity contribution >= 4 is 15.8 Å². The third kappa shape index (κ3) is 4.20. The summed E-state index contributed by atoms with van der Waals surface area (Å²) in [4.78, 5) is 11.1. The SMILES string of the molecule is CCC1CCC(C#N)C(S(=O)(=O)CCC(=O)OC)C1. The highest BCUT2D eigenvalue weighted by Crippen LogP contribution is 2.35. The van der Waals surface area contributed by atoms with E-state index >= 15 is 0 Å².